The van der Waals surface area contributed by atoms with Crippen molar-refractivity contribution in [3.8, 4) is 0 Å². The Labute approximate surface area is 156 Å². The van der Waals surface area contributed by atoms with E-state index in [1.54, 1.807) is 4.90 Å². The van der Waals surface area contributed by atoms with Gasteiger partial charge in [0, 0.05) is 13.0 Å². The van der Waals surface area contributed by atoms with Crippen LogP contribution < -0.4 is 5.32 Å². The quantitative estimate of drug-likeness (QED) is 0.363. The highest BCUT2D eigenvalue weighted by Gasteiger charge is 2.27. The fourth-order valence-electron chi connectivity index (χ4n) is 2.80. The molecule has 2 atom stereocenters. The van der Waals surface area contributed by atoms with Crippen LogP contribution in [0.5, 0.6) is 0 Å². The number of hydrogen-bond acceptors (Lipinski definition) is 6. The number of alkyl carbamates (subject to hydrolysis) is 1. The molecule has 2 rings (SSSR count). The Balaban J connectivity index is 1.91. The Bertz CT molecular complexity index is 657. The van der Waals surface area contributed by atoms with Crippen molar-refractivity contribution in [3.05, 3.63) is 48.3 Å². The van der Waals surface area contributed by atoms with Crippen molar-refractivity contribution in [1.82, 2.24) is 10.2 Å². The molecule has 2 amide bonds. The maximum absolute atomic E-state index is 13.0. The molecule has 0 unspecified atom stereocenters. The predicted octanol–water partition coefficient (Wildman–Crippen LogP) is 0.584. The first kappa shape index (κ1) is 20.9. The Morgan fingerprint density at radius 3 is 2.74 bits per heavy atom. The molecule has 0 aromatic heterocycles. The van der Waals surface area contributed by atoms with Crippen LogP contribution in [0.3, 0.4) is 0 Å². The number of rotatable bonds is 7. The summed E-state index contributed by atoms with van der Waals surface area (Å²) in [4.78, 5) is 25.3. The molecule has 1 fully saturated rings. The number of piperidine rings is 1. The summed E-state index contributed by atoms with van der Waals surface area (Å²) < 4.78 is 23.1. The van der Waals surface area contributed by atoms with E-state index in [1.165, 1.54) is 30.3 Å². The third-order valence-electron chi connectivity index (χ3n) is 4.04. The van der Waals surface area contributed by atoms with Gasteiger partial charge < -0.3 is 24.3 Å². The highest BCUT2D eigenvalue weighted by atomic mass is 19.1. The lowest BCUT2D eigenvalue weighted by Crippen LogP contribution is -2.47. The molecule has 8 nitrogen and oxygen atoms in total. The summed E-state index contributed by atoms with van der Waals surface area (Å²) in [6.45, 7) is 4.26. The van der Waals surface area contributed by atoms with Crippen molar-refractivity contribution in [2.75, 3.05) is 13.1 Å². The Hall–Kier alpha value is -2.43. The van der Waals surface area contributed by atoms with E-state index in [9.17, 15) is 14.0 Å². The summed E-state index contributed by atoms with van der Waals surface area (Å²) in [5.74, 6) is -0.647. The number of carbonyl (C=O) groups excluding carboxylic acids is 2. The zero-order valence-corrected chi connectivity index (χ0v) is 14.7. The molecule has 1 aromatic carbocycles. The smallest absolute Gasteiger partial charge is 0.444 e. The number of benzene rings is 1. The molecule has 1 heterocycles. The van der Waals surface area contributed by atoms with Crippen LogP contribution in [0, 0.1) is 5.82 Å². The number of halogens is 1. The molecular weight excluding hydrogens is 358 g/mol. The second-order valence-corrected chi connectivity index (χ2v) is 6.08. The van der Waals surface area contributed by atoms with Crippen LogP contribution in [0.1, 0.15) is 18.4 Å². The van der Waals surface area contributed by atoms with Crippen molar-refractivity contribution >= 4 is 19.3 Å². The van der Waals surface area contributed by atoms with Crippen molar-refractivity contribution in [1.29, 1.82) is 0 Å². The third-order valence-corrected chi connectivity index (χ3v) is 4.04. The zero-order chi connectivity index (χ0) is 19.8. The average molecular weight is 380 g/mol. The maximum Gasteiger partial charge on any atom is 0.635 e. The van der Waals surface area contributed by atoms with E-state index in [0.29, 0.717) is 24.9 Å². The molecule has 1 aliphatic rings. The van der Waals surface area contributed by atoms with Gasteiger partial charge >= 0.3 is 13.4 Å². The first-order valence-corrected chi connectivity index (χ1v) is 8.52. The number of carbonyl (C=O) groups is 2. The van der Waals surface area contributed by atoms with Gasteiger partial charge in [0.2, 0.25) is 5.91 Å². The van der Waals surface area contributed by atoms with Crippen LogP contribution in [0.15, 0.2) is 36.9 Å². The van der Waals surface area contributed by atoms with Crippen molar-refractivity contribution in [2.45, 2.75) is 31.6 Å². The van der Waals surface area contributed by atoms with Crippen LogP contribution in [-0.4, -0.2) is 59.7 Å². The summed E-state index contributed by atoms with van der Waals surface area (Å²) >= 11 is 0. The minimum Gasteiger partial charge on any atom is -0.444 e. The van der Waals surface area contributed by atoms with E-state index in [2.05, 4.69) is 11.9 Å². The van der Waals surface area contributed by atoms with Crippen molar-refractivity contribution in [2.24, 2.45) is 0 Å². The lowest BCUT2D eigenvalue weighted by Gasteiger charge is -2.32. The Morgan fingerprint density at radius 2 is 2.11 bits per heavy atom. The maximum atomic E-state index is 13.0. The molecule has 1 saturated heterocycles. The van der Waals surface area contributed by atoms with Gasteiger partial charge in [-0.1, -0.05) is 18.7 Å². The molecule has 146 valence electrons. The number of likely N-dealkylation sites (tertiary alicyclic amines) is 1. The molecule has 0 bridgehead atoms. The lowest BCUT2D eigenvalue weighted by atomic mass is 10.1. The molecule has 27 heavy (non-hydrogen) atoms. The highest BCUT2D eigenvalue weighted by Crippen LogP contribution is 2.14. The molecule has 1 aromatic rings. The van der Waals surface area contributed by atoms with Gasteiger partial charge in [-0.2, -0.15) is 0 Å². The summed E-state index contributed by atoms with van der Waals surface area (Å²) in [5.41, 5.74) is 0.614. The minimum atomic E-state index is -2.11. The lowest BCUT2D eigenvalue weighted by molar-refractivity contribution is -0.129. The highest BCUT2D eigenvalue weighted by molar-refractivity contribution is 6.32. The number of nitrogens with zero attached hydrogens (tertiary/aromatic N) is 1. The molecular formula is C17H22BFN2O6. The van der Waals surface area contributed by atoms with Gasteiger partial charge in [-0.3, -0.25) is 10.1 Å². The first-order chi connectivity index (χ1) is 12.9. The molecule has 0 aliphatic carbocycles. The topological polar surface area (TPSA) is 108 Å². The van der Waals surface area contributed by atoms with E-state index >= 15 is 0 Å². The third kappa shape index (κ3) is 7.01. The van der Waals surface area contributed by atoms with Crippen molar-refractivity contribution < 1.29 is 33.4 Å². The van der Waals surface area contributed by atoms with Crippen LogP contribution in [0.2, 0.25) is 0 Å². The summed E-state index contributed by atoms with van der Waals surface area (Å²) in [6, 6.07) is 5.46. The number of amides is 2. The first-order valence-electron chi connectivity index (χ1n) is 8.52. The standard InChI is InChI=1S/C17H22BFN2O6/c1-2-16(22)21-9-3-4-14(11-21)26-17(23)20-15(27-18(24)25)10-12-5-7-13(19)8-6-12/h2,5-8,14-15,24-25H,1,3-4,9-11H2,(H,20,23)/t14-,15+/m0/s1. The van der Waals surface area contributed by atoms with Gasteiger partial charge in [0.05, 0.1) is 6.54 Å². The molecule has 10 heteroatoms. The minimum absolute atomic E-state index is 0.0682. The fourth-order valence-corrected chi connectivity index (χ4v) is 2.80. The molecule has 0 spiro atoms. The number of hydrogen-bond donors (Lipinski definition) is 3. The van der Waals surface area contributed by atoms with Crippen LogP contribution >= 0.6 is 0 Å². The predicted molar refractivity (Wildman–Crippen MR) is 94.6 cm³/mol. The van der Waals surface area contributed by atoms with Gasteiger partial charge in [-0.05, 0) is 36.6 Å². The molecule has 1 aliphatic heterocycles. The summed E-state index contributed by atoms with van der Waals surface area (Å²) in [5, 5.41) is 20.5. The molecule has 0 radical (unpaired) electrons. The molecule has 3 N–H and O–H groups in total. The van der Waals surface area contributed by atoms with E-state index in [4.69, 9.17) is 19.4 Å². The number of nitrogens with one attached hydrogen (secondary N) is 1. The van der Waals surface area contributed by atoms with Gasteiger partial charge in [0.25, 0.3) is 0 Å². The largest absolute Gasteiger partial charge is 0.635 e. The van der Waals surface area contributed by atoms with Crippen LogP contribution in [0.4, 0.5) is 9.18 Å². The Kier molecular flexibility index (Phi) is 7.77. The SMILES string of the molecule is C=CC(=O)N1CCC[C@H](OC(=O)N[C@@H](Cc2ccc(F)cc2)OB(O)O)C1. The van der Waals surface area contributed by atoms with E-state index in [1.807, 2.05) is 0 Å². The Morgan fingerprint density at radius 1 is 1.41 bits per heavy atom. The van der Waals surface area contributed by atoms with Gasteiger partial charge in [-0.25, -0.2) is 9.18 Å². The van der Waals surface area contributed by atoms with E-state index < -0.39 is 31.6 Å². The van der Waals surface area contributed by atoms with Gasteiger partial charge in [0.15, 0.2) is 0 Å². The zero-order valence-electron chi connectivity index (χ0n) is 14.7. The number of ether oxygens (including phenoxy) is 1. The monoisotopic (exact) mass is 380 g/mol. The fraction of sp³-hybridized carbons (Fsp3) is 0.412. The van der Waals surface area contributed by atoms with E-state index in [0.717, 1.165) is 0 Å². The second kappa shape index (κ2) is 10.1. The van der Waals surface area contributed by atoms with Crippen LogP contribution in [-0.2, 0) is 20.6 Å². The summed E-state index contributed by atoms with van der Waals surface area (Å²) in [6.07, 6.45) is 0.144. The summed E-state index contributed by atoms with van der Waals surface area (Å²) in [7, 11) is -2.11. The van der Waals surface area contributed by atoms with Crippen molar-refractivity contribution in [3.63, 3.8) is 0 Å². The van der Waals surface area contributed by atoms with E-state index in [-0.39, 0.29) is 18.9 Å². The molecule has 0 saturated carbocycles. The van der Waals surface area contributed by atoms with Gasteiger partial charge in [-0.15, -0.1) is 0 Å². The average Bonchev–Trinajstić information content (AvgIpc) is 2.62. The van der Waals surface area contributed by atoms with Crippen LogP contribution in [0.25, 0.3) is 0 Å². The normalized spacial score (nSPS) is 17.7. The second-order valence-electron chi connectivity index (χ2n) is 6.08. The van der Waals surface area contributed by atoms with Gasteiger partial charge in [0.1, 0.15) is 18.1 Å².